The van der Waals surface area contributed by atoms with Crippen molar-refractivity contribution in [3.63, 3.8) is 0 Å². The van der Waals surface area contributed by atoms with Gasteiger partial charge in [-0.25, -0.2) is 4.79 Å². The van der Waals surface area contributed by atoms with Gasteiger partial charge in [-0.05, 0) is 36.8 Å². The number of carbonyl (C=O) groups is 2. The molecule has 2 aliphatic rings. The first-order chi connectivity index (χ1) is 19.0. The standard InChI is InChI=1S/C27H27ClF3N5O4/c1-15-33-34-25(35(15)13-17-3-6-19(28)7-4-17)23-12-20(40-16(2)37)14-36(23)26(38)32-22-9-10-39-24-11-18(27(29,30)31)5-8-21(22)24/h3-8,11,20,22-23H,9-10,12-14H2,1-2H3,(H,32,38)/t20-,22?,23-/m1/s1. The Kier molecular flexibility index (Phi) is 7.63. The van der Waals surface area contributed by atoms with Crippen LogP contribution in [0.3, 0.4) is 0 Å². The molecular weight excluding hydrogens is 551 g/mol. The minimum Gasteiger partial charge on any atom is -0.493 e. The van der Waals surface area contributed by atoms with Gasteiger partial charge in [0.05, 0.1) is 37.3 Å². The lowest BCUT2D eigenvalue weighted by Gasteiger charge is -2.31. The van der Waals surface area contributed by atoms with Crippen LogP contribution in [0.4, 0.5) is 18.0 Å². The summed E-state index contributed by atoms with van der Waals surface area (Å²) in [5, 5.41) is 12.2. The molecule has 1 N–H and O–H groups in total. The Hall–Kier alpha value is -3.80. The normalized spacial score (nSPS) is 20.6. The molecule has 0 aliphatic carbocycles. The maximum atomic E-state index is 13.7. The second-order valence-electron chi connectivity index (χ2n) is 9.84. The van der Waals surface area contributed by atoms with E-state index in [1.165, 1.54) is 17.9 Å². The van der Waals surface area contributed by atoms with E-state index in [2.05, 4.69) is 15.5 Å². The molecule has 2 aliphatic heterocycles. The van der Waals surface area contributed by atoms with Crippen molar-refractivity contribution < 1.29 is 32.2 Å². The molecule has 0 saturated carbocycles. The highest BCUT2D eigenvalue weighted by atomic mass is 35.5. The maximum Gasteiger partial charge on any atom is 0.416 e. The van der Waals surface area contributed by atoms with Crippen molar-refractivity contribution in [1.82, 2.24) is 25.0 Å². The van der Waals surface area contributed by atoms with Crippen molar-refractivity contribution in [2.24, 2.45) is 0 Å². The smallest absolute Gasteiger partial charge is 0.416 e. The zero-order chi connectivity index (χ0) is 28.6. The lowest BCUT2D eigenvalue weighted by atomic mass is 9.98. The van der Waals surface area contributed by atoms with Crippen molar-refractivity contribution in [3.05, 3.63) is 75.8 Å². The predicted octanol–water partition coefficient (Wildman–Crippen LogP) is 5.22. The number of likely N-dealkylation sites (tertiary alicyclic amines) is 1. The topological polar surface area (TPSA) is 98.6 Å². The summed E-state index contributed by atoms with van der Waals surface area (Å²) in [7, 11) is 0. The number of ether oxygens (including phenoxy) is 2. The maximum absolute atomic E-state index is 13.7. The zero-order valence-electron chi connectivity index (χ0n) is 21.7. The Morgan fingerprint density at radius 2 is 1.93 bits per heavy atom. The van der Waals surface area contributed by atoms with Gasteiger partial charge in [-0.15, -0.1) is 10.2 Å². The summed E-state index contributed by atoms with van der Waals surface area (Å²) in [6.07, 6.45) is -4.39. The van der Waals surface area contributed by atoms with Gasteiger partial charge in [0.1, 0.15) is 17.7 Å². The number of alkyl halides is 3. The van der Waals surface area contributed by atoms with E-state index in [4.69, 9.17) is 21.1 Å². The zero-order valence-corrected chi connectivity index (χ0v) is 22.5. The van der Waals surface area contributed by atoms with E-state index in [1.807, 2.05) is 23.6 Å². The van der Waals surface area contributed by atoms with E-state index in [-0.39, 0.29) is 18.9 Å². The highest BCUT2D eigenvalue weighted by Crippen LogP contribution is 2.39. The average Bonchev–Trinajstić information content (AvgIpc) is 3.47. The summed E-state index contributed by atoms with van der Waals surface area (Å²) in [5.41, 5.74) is 0.593. The number of rotatable bonds is 5. The number of amides is 2. The number of aromatic nitrogens is 3. The van der Waals surface area contributed by atoms with Gasteiger partial charge >= 0.3 is 18.2 Å². The molecule has 9 nitrogen and oxygen atoms in total. The summed E-state index contributed by atoms with van der Waals surface area (Å²) in [6, 6.07) is 9.00. The molecule has 3 heterocycles. The molecule has 0 spiro atoms. The number of urea groups is 1. The molecule has 2 amide bonds. The minimum absolute atomic E-state index is 0.0838. The third-order valence-electron chi connectivity index (χ3n) is 7.05. The Balaban J connectivity index is 1.41. The van der Waals surface area contributed by atoms with Crippen molar-refractivity contribution >= 4 is 23.6 Å². The quantitative estimate of drug-likeness (QED) is 0.418. The number of aryl methyl sites for hydroxylation is 1. The summed E-state index contributed by atoms with van der Waals surface area (Å²) < 4.78 is 52.4. The highest BCUT2D eigenvalue weighted by Gasteiger charge is 2.42. The van der Waals surface area contributed by atoms with E-state index in [0.29, 0.717) is 41.6 Å². The van der Waals surface area contributed by atoms with Crippen molar-refractivity contribution in [3.8, 4) is 5.75 Å². The second kappa shape index (κ2) is 11.0. The van der Waals surface area contributed by atoms with Crippen molar-refractivity contribution in [2.75, 3.05) is 13.2 Å². The Bertz CT molecular complexity index is 1410. The fourth-order valence-corrected chi connectivity index (χ4v) is 5.27. The van der Waals surface area contributed by atoms with Crippen LogP contribution in [-0.4, -0.2) is 50.9 Å². The van der Waals surface area contributed by atoms with Gasteiger partial charge in [-0.1, -0.05) is 29.8 Å². The van der Waals surface area contributed by atoms with Gasteiger partial charge in [0, 0.05) is 30.4 Å². The SMILES string of the molecule is CC(=O)O[C@@H]1C[C@H](c2nnc(C)n2Cc2ccc(Cl)cc2)N(C(=O)NC2CCOc3cc(C(F)(F)F)ccc32)C1. The second-order valence-corrected chi connectivity index (χ2v) is 10.3. The van der Waals surface area contributed by atoms with Crippen LogP contribution in [0, 0.1) is 6.92 Å². The van der Waals surface area contributed by atoms with Crippen LogP contribution in [0.5, 0.6) is 5.75 Å². The molecule has 1 unspecified atom stereocenters. The number of halogens is 4. The summed E-state index contributed by atoms with van der Waals surface area (Å²) in [4.78, 5) is 26.9. The summed E-state index contributed by atoms with van der Waals surface area (Å²) in [5.74, 6) is 0.781. The number of carbonyl (C=O) groups excluding carboxylic acids is 2. The van der Waals surface area contributed by atoms with Gasteiger partial charge < -0.3 is 24.3 Å². The monoisotopic (exact) mass is 577 g/mol. The number of nitrogens with one attached hydrogen (secondary N) is 1. The van der Waals surface area contributed by atoms with Crippen LogP contribution in [0.25, 0.3) is 0 Å². The number of hydrogen-bond acceptors (Lipinski definition) is 6. The van der Waals surface area contributed by atoms with E-state index in [1.54, 1.807) is 12.1 Å². The lowest BCUT2D eigenvalue weighted by Crippen LogP contribution is -2.43. The lowest BCUT2D eigenvalue weighted by molar-refractivity contribution is -0.145. The molecule has 1 aromatic heterocycles. The minimum atomic E-state index is -4.51. The predicted molar refractivity (Wildman–Crippen MR) is 138 cm³/mol. The number of fused-ring (bicyclic) bond motifs is 1. The Morgan fingerprint density at radius 3 is 2.62 bits per heavy atom. The van der Waals surface area contributed by atoms with E-state index < -0.39 is 41.9 Å². The van der Waals surface area contributed by atoms with Gasteiger partial charge in [0.25, 0.3) is 0 Å². The van der Waals surface area contributed by atoms with Crippen LogP contribution in [0.2, 0.25) is 5.02 Å². The molecule has 13 heteroatoms. The molecule has 0 radical (unpaired) electrons. The molecule has 1 saturated heterocycles. The van der Waals surface area contributed by atoms with Crippen molar-refractivity contribution in [1.29, 1.82) is 0 Å². The molecule has 2 aromatic carbocycles. The Morgan fingerprint density at radius 1 is 1.18 bits per heavy atom. The fraction of sp³-hybridized carbons (Fsp3) is 0.407. The van der Waals surface area contributed by atoms with Gasteiger partial charge in [0.2, 0.25) is 0 Å². The number of hydrogen-bond donors (Lipinski definition) is 1. The molecule has 3 aromatic rings. The van der Waals surface area contributed by atoms with Gasteiger partial charge in [-0.3, -0.25) is 4.79 Å². The largest absolute Gasteiger partial charge is 0.493 e. The third-order valence-corrected chi connectivity index (χ3v) is 7.30. The average molecular weight is 578 g/mol. The van der Waals surface area contributed by atoms with Crippen LogP contribution in [0.1, 0.15) is 60.2 Å². The first-order valence-corrected chi connectivity index (χ1v) is 13.1. The van der Waals surface area contributed by atoms with E-state index in [9.17, 15) is 22.8 Å². The molecule has 1 fully saturated rings. The Labute approximate surface area is 233 Å². The van der Waals surface area contributed by atoms with Gasteiger partial charge in [-0.2, -0.15) is 13.2 Å². The first-order valence-electron chi connectivity index (χ1n) is 12.7. The van der Waals surface area contributed by atoms with Crippen LogP contribution in [0.15, 0.2) is 42.5 Å². The molecule has 212 valence electrons. The molecule has 0 bridgehead atoms. The van der Waals surface area contributed by atoms with Crippen molar-refractivity contribution in [2.45, 2.75) is 57.6 Å². The summed E-state index contributed by atoms with van der Waals surface area (Å²) >= 11 is 6.03. The fourth-order valence-electron chi connectivity index (χ4n) is 5.15. The van der Waals surface area contributed by atoms with E-state index >= 15 is 0 Å². The molecule has 5 rings (SSSR count). The summed E-state index contributed by atoms with van der Waals surface area (Å²) in [6.45, 7) is 3.81. The first kappa shape index (κ1) is 27.8. The van der Waals surface area contributed by atoms with Gasteiger partial charge in [0.15, 0.2) is 5.82 Å². The third kappa shape index (κ3) is 5.86. The molecule has 3 atom stereocenters. The molecule has 40 heavy (non-hydrogen) atoms. The van der Waals surface area contributed by atoms with Crippen LogP contribution < -0.4 is 10.1 Å². The number of nitrogens with zero attached hydrogens (tertiary/aromatic N) is 4. The number of benzene rings is 2. The molecular formula is C27H27ClF3N5O4. The van der Waals surface area contributed by atoms with E-state index in [0.717, 1.165) is 17.7 Å². The van der Waals surface area contributed by atoms with Crippen LogP contribution in [-0.2, 0) is 22.3 Å². The highest BCUT2D eigenvalue weighted by molar-refractivity contribution is 6.30. The number of esters is 1. The van der Waals surface area contributed by atoms with Crippen LogP contribution >= 0.6 is 11.6 Å².